The molecule has 1 heterocycles. The van der Waals surface area contributed by atoms with E-state index >= 15 is 0 Å². The zero-order valence-electron chi connectivity index (χ0n) is 12.4. The number of likely N-dealkylation sites (N-methyl/N-ethyl adjacent to an activating group) is 2. The summed E-state index contributed by atoms with van der Waals surface area (Å²) < 4.78 is 5.49. The third-order valence-electron chi connectivity index (χ3n) is 3.35. The maximum atomic E-state index is 5.49. The van der Waals surface area contributed by atoms with E-state index in [1.807, 2.05) is 20.0 Å². The highest BCUT2D eigenvalue weighted by Crippen LogP contribution is 2.18. The molecule has 0 radical (unpaired) electrons. The molecule has 19 heavy (non-hydrogen) atoms. The molecule has 2 aromatic rings. The van der Waals surface area contributed by atoms with Gasteiger partial charge in [0.2, 0.25) is 0 Å². The van der Waals surface area contributed by atoms with Gasteiger partial charge in [-0.15, -0.1) is 0 Å². The lowest BCUT2D eigenvalue weighted by molar-refractivity contribution is 0.238. The molecular formula is C15H23N3O. The Morgan fingerprint density at radius 1 is 1.37 bits per heavy atom. The molecule has 0 spiro atoms. The number of rotatable bonds is 5. The molecule has 4 nitrogen and oxygen atoms in total. The highest BCUT2D eigenvalue weighted by atomic mass is 16.3. The molecular weight excluding hydrogens is 238 g/mol. The van der Waals surface area contributed by atoms with Crippen LogP contribution in [0.4, 0.5) is 0 Å². The minimum atomic E-state index is 0.114. The maximum Gasteiger partial charge on any atom is 0.192 e. The van der Waals surface area contributed by atoms with Gasteiger partial charge in [-0.25, -0.2) is 4.98 Å². The van der Waals surface area contributed by atoms with Crippen LogP contribution in [0.5, 0.6) is 0 Å². The fourth-order valence-corrected chi connectivity index (χ4v) is 2.31. The van der Waals surface area contributed by atoms with Gasteiger partial charge in [0.05, 0.1) is 0 Å². The van der Waals surface area contributed by atoms with E-state index in [4.69, 9.17) is 4.42 Å². The Balaban J connectivity index is 2.08. The van der Waals surface area contributed by atoms with Crippen LogP contribution < -0.4 is 5.32 Å². The van der Waals surface area contributed by atoms with Crippen LogP contribution in [-0.2, 0) is 6.54 Å². The number of oxazole rings is 1. The molecule has 1 N–H and O–H groups in total. The van der Waals surface area contributed by atoms with E-state index in [1.165, 1.54) is 5.56 Å². The minimum absolute atomic E-state index is 0.114. The number of nitrogens with one attached hydrogen (secondary N) is 1. The molecule has 0 aliphatic heterocycles. The number of aromatic nitrogens is 1. The Labute approximate surface area is 114 Å². The van der Waals surface area contributed by atoms with Crippen molar-refractivity contribution in [2.45, 2.75) is 32.9 Å². The Hall–Kier alpha value is -1.39. The molecule has 4 heteroatoms. The minimum Gasteiger partial charge on any atom is -0.441 e. The van der Waals surface area contributed by atoms with E-state index in [0.717, 1.165) is 30.1 Å². The Morgan fingerprint density at radius 2 is 2.11 bits per heavy atom. The summed E-state index contributed by atoms with van der Waals surface area (Å²) in [6.45, 7) is 8.18. The first-order chi connectivity index (χ1) is 8.89. The molecule has 0 unspecified atom stereocenters. The summed E-state index contributed by atoms with van der Waals surface area (Å²) in [7, 11) is 4.13. The summed E-state index contributed by atoms with van der Waals surface area (Å²) in [6.07, 6.45) is 0. The van der Waals surface area contributed by atoms with Gasteiger partial charge in [0.25, 0.3) is 0 Å². The standard InChI is InChI=1S/C15H23N3O/c1-11-17-13-8-12(6-7-14(13)19-11)9-18(5)10-15(2,3)16-4/h6-8,16H,9-10H2,1-5H3. The number of hydrogen-bond donors (Lipinski definition) is 1. The van der Waals surface area contributed by atoms with Gasteiger partial charge in [-0.3, -0.25) is 0 Å². The largest absolute Gasteiger partial charge is 0.441 e. The van der Waals surface area contributed by atoms with Crippen molar-refractivity contribution >= 4 is 11.1 Å². The van der Waals surface area contributed by atoms with E-state index in [-0.39, 0.29) is 5.54 Å². The van der Waals surface area contributed by atoms with Crippen molar-refractivity contribution in [1.29, 1.82) is 0 Å². The summed E-state index contributed by atoms with van der Waals surface area (Å²) in [5, 5.41) is 3.32. The highest BCUT2D eigenvalue weighted by molar-refractivity contribution is 5.73. The molecule has 0 atom stereocenters. The van der Waals surface area contributed by atoms with Gasteiger partial charge in [0.1, 0.15) is 5.52 Å². The van der Waals surface area contributed by atoms with Crippen molar-refractivity contribution in [3.8, 4) is 0 Å². The monoisotopic (exact) mass is 261 g/mol. The number of fused-ring (bicyclic) bond motifs is 1. The molecule has 0 saturated heterocycles. The number of aryl methyl sites for hydroxylation is 1. The van der Waals surface area contributed by atoms with Crippen molar-refractivity contribution in [2.75, 3.05) is 20.6 Å². The number of benzene rings is 1. The second-order valence-corrected chi connectivity index (χ2v) is 5.84. The van der Waals surface area contributed by atoms with Gasteiger partial charge in [0, 0.05) is 25.6 Å². The molecule has 1 aromatic carbocycles. The number of nitrogens with zero attached hydrogens (tertiary/aromatic N) is 2. The van der Waals surface area contributed by atoms with Crippen molar-refractivity contribution < 1.29 is 4.42 Å². The normalized spacial score (nSPS) is 12.5. The van der Waals surface area contributed by atoms with Gasteiger partial charge >= 0.3 is 0 Å². The SMILES string of the molecule is CNC(C)(C)CN(C)Cc1ccc2oc(C)nc2c1. The molecule has 0 aliphatic rings. The Bertz CT molecular complexity index is 560. The average Bonchev–Trinajstić information content (AvgIpc) is 2.67. The summed E-state index contributed by atoms with van der Waals surface area (Å²) in [5.41, 5.74) is 3.18. The van der Waals surface area contributed by atoms with E-state index in [1.54, 1.807) is 0 Å². The molecule has 104 valence electrons. The second kappa shape index (κ2) is 5.31. The van der Waals surface area contributed by atoms with Gasteiger partial charge in [-0.05, 0) is 45.6 Å². The van der Waals surface area contributed by atoms with Gasteiger partial charge in [-0.2, -0.15) is 0 Å². The highest BCUT2D eigenvalue weighted by Gasteiger charge is 2.17. The van der Waals surface area contributed by atoms with Gasteiger partial charge in [-0.1, -0.05) is 6.07 Å². The Morgan fingerprint density at radius 3 is 2.79 bits per heavy atom. The molecule has 2 rings (SSSR count). The topological polar surface area (TPSA) is 41.3 Å². The van der Waals surface area contributed by atoms with Crippen molar-refractivity contribution in [1.82, 2.24) is 15.2 Å². The summed E-state index contributed by atoms with van der Waals surface area (Å²) >= 11 is 0. The molecule has 0 bridgehead atoms. The third-order valence-corrected chi connectivity index (χ3v) is 3.35. The zero-order valence-corrected chi connectivity index (χ0v) is 12.4. The van der Waals surface area contributed by atoms with Crippen molar-refractivity contribution in [3.05, 3.63) is 29.7 Å². The smallest absolute Gasteiger partial charge is 0.192 e. The third kappa shape index (κ3) is 3.55. The van der Waals surface area contributed by atoms with Crippen LogP contribution in [0.25, 0.3) is 11.1 Å². The molecule has 0 fully saturated rings. The quantitative estimate of drug-likeness (QED) is 0.898. The van der Waals surface area contributed by atoms with Crippen LogP contribution in [0, 0.1) is 6.92 Å². The van der Waals surface area contributed by atoms with Crippen molar-refractivity contribution in [2.24, 2.45) is 0 Å². The van der Waals surface area contributed by atoms with Crippen LogP contribution in [0.15, 0.2) is 22.6 Å². The predicted octanol–water partition coefficient (Wildman–Crippen LogP) is 2.57. The summed E-state index contributed by atoms with van der Waals surface area (Å²) in [4.78, 5) is 6.68. The first-order valence-electron chi connectivity index (χ1n) is 6.63. The average molecular weight is 261 g/mol. The van der Waals surface area contributed by atoms with Crippen LogP contribution in [-0.4, -0.2) is 36.1 Å². The lowest BCUT2D eigenvalue weighted by Gasteiger charge is -2.30. The first kappa shape index (κ1) is 14.0. The molecule has 0 saturated carbocycles. The van der Waals surface area contributed by atoms with Crippen LogP contribution in [0.1, 0.15) is 25.3 Å². The molecule has 1 aromatic heterocycles. The zero-order chi connectivity index (χ0) is 14.0. The maximum absolute atomic E-state index is 5.49. The van der Waals surface area contributed by atoms with Crippen LogP contribution >= 0.6 is 0 Å². The van der Waals surface area contributed by atoms with Crippen LogP contribution in [0.3, 0.4) is 0 Å². The fraction of sp³-hybridized carbons (Fsp3) is 0.533. The van der Waals surface area contributed by atoms with Crippen molar-refractivity contribution in [3.63, 3.8) is 0 Å². The van der Waals surface area contributed by atoms with E-state index in [2.05, 4.69) is 48.2 Å². The van der Waals surface area contributed by atoms with E-state index in [0.29, 0.717) is 0 Å². The second-order valence-electron chi connectivity index (χ2n) is 5.84. The van der Waals surface area contributed by atoms with Crippen LogP contribution in [0.2, 0.25) is 0 Å². The lowest BCUT2D eigenvalue weighted by atomic mass is 10.1. The van der Waals surface area contributed by atoms with E-state index in [9.17, 15) is 0 Å². The fourth-order valence-electron chi connectivity index (χ4n) is 2.31. The first-order valence-corrected chi connectivity index (χ1v) is 6.63. The molecule has 0 amide bonds. The lowest BCUT2D eigenvalue weighted by Crippen LogP contribution is -2.46. The summed E-state index contributed by atoms with van der Waals surface area (Å²) in [6, 6.07) is 6.21. The van der Waals surface area contributed by atoms with Gasteiger partial charge < -0.3 is 14.6 Å². The summed E-state index contributed by atoms with van der Waals surface area (Å²) in [5.74, 6) is 0.719. The number of hydrogen-bond acceptors (Lipinski definition) is 4. The van der Waals surface area contributed by atoms with Gasteiger partial charge in [0.15, 0.2) is 11.5 Å². The predicted molar refractivity (Wildman–Crippen MR) is 78.2 cm³/mol. The van der Waals surface area contributed by atoms with E-state index < -0.39 is 0 Å². The Kier molecular flexibility index (Phi) is 3.92. The molecule has 0 aliphatic carbocycles.